The van der Waals surface area contributed by atoms with Crippen LogP contribution in [0, 0.1) is 0 Å². The molecule has 27 heavy (non-hydrogen) atoms. The van der Waals surface area contributed by atoms with E-state index in [1.165, 1.54) is 27.6 Å². The second-order valence-corrected chi connectivity index (χ2v) is 8.47. The highest BCUT2D eigenvalue weighted by molar-refractivity contribution is 5.98. The average Bonchev–Trinajstić information content (AvgIpc) is 3.00. The van der Waals surface area contributed by atoms with Gasteiger partial charge in [-0.05, 0) is 63.9 Å². The van der Waals surface area contributed by atoms with Gasteiger partial charge in [-0.3, -0.25) is 4.90 Å². The Labute approximate surface area is 161 Å². The zero-order valence-corrected chi connectivity index (χ0v) is 16.9. The summed E-state index contributed by atoms with van der Waals surface area (Å²) < 4.78 is 0. The number of benzene rings is 1. The monoisotopic (exact) mass is 366 g/mol. The first kappa shape index (κ1) is 18.1. The van der Waals surface area contributed by atoms with Crippen molar-refractivity contribution in [3.8, 4) is 0 Å². The molecule has 0 bridgehead atoms. The van der Waals surface area contributed by atoms with E-state index < -0.39 is 0 Å². The lowest BCUT2D eigenvalue weighted by atomic mass is 9.81. The van der Waals surface area contributed by atoms with Crippen molar-refractivity contribution >= 4 is 22.5 Å². The summed E-state index contributed by atoms with van der Waals surface area (Å²) in [6, 6.07) is 7.23. The maximum Gasteiger partial charge on any atom is 0.318 e. The molecule has 0 saturated heterocycles. The molecule has 0 radical (unpaired) electrons. The van der Waals surface area contributed by atoms with E-state index >= 15 is 0 Å². The van der Waals surface area contributed by atoms with Crippen LogP contribution in [0.1, 0.15) is 38.8 Å². The number of H-pyrrole nitrogens is 1. The van der Waals surface area contributed by atoms with Gasteiger partial charge in [0.1, 0.15) is 0 Å². The molecule has 5 heteroatoms. The molecule has 0 unspecified atom stereocenters. The lowest BCUT2D eigenvalue weighted by molar-refractivity contribution is 0.158. The third-order valence-corrected chi connectivity index (χ3v) is 5.92. The van der Waals surface area contributed by atoms with Gasteiger partial charge in [-0.2, -0.15) is 0 Å². The maximum absolute atomic E-state index is 12.9. The van der Waals surface area contributed by atoms with E-state index in [-0.39, 0.29) is 24.2 Å². The van der Waals surface area contributed by atoms with Gasteiger partial charge in [-0.25, -0.2) is 4.79 Å². The highest BCUT2D eigenvalue weighted by atomic mass is 16.2. The Bertz CT molecular complexity index is 887. The van der Waals surface area contributed by atoms with Crippen LogP contribution in [0.25, 0.3) is 16.5 Å². The van der Waals surface area contributed by atoms with Crippen molar-refractivity contribution in [1.82, 2.24) is 20.1 Å². The standard InChI is InChI=1S/C22H30N4O/c1-13(2)26(14(3)4)22(27)24-16-10-18-17-7-6-8-19-21(17)15(11-23-19)9-20(18)25(5)12-16/h6-8,10-11,13-14,16,20,23H,9,12H2,1-5H3,(H,24,27)/t16-,20+/m0/s1. The minimum Gasteiger partial charge on any atom is -0.361 e. The van der Waals surface area contributed by atoms with Gasteiger partial charge in [-0.1, -0.05) is 18.2 Å². The molecule has 144 valence electrons. The first-order chi connectivity index (χ1) is 12.9. The van der Waals surface area contributed by atoms with Gasteiger partial charge in [0, 0.05) is 41.8 Å². The number of carbonyl (C=O) groups is 1. The number of aromatic nitrogens is 1. The SMILES string of the molecule is CC(C)N(C(=O)N[C@H]1C=C2c3cccc4[nH]cc(c34)C[C@H]2N(C)C1)C(C)C. The molecule has 2 N–H and O–H groups in total. The Morgan fingerprint density at radius 1 is 1.26 bits per heavy atom. The van der Waals surface area contributed by atoms with Gasteiger partial charge < -0.3 is 15.2 Å². The normalized spacial score (nSPS) is 22.1. The van der Waals surface area contributed by atoms with Crippen LogP contribution in [-0.4, -0.2) is 58.6 Å². The van der Waals surface area contributed by atoms with Crippen molar-refractivity contribution in [2.24, 2.45) is 0 Å². The molecular weight excluding hydrogens is 336 g/mol. The minimum atomic E-state index is 0.0181. The van der Waals surface area contributed by atoms with Crippen LogP contribution in [-0.2, 0) is 6.42 Å². The molecule has 0 fully saturated rings. The third kappa shape index (κ3) is 3.04. The zero-order chi connectivity index (χ0) is 19.3. The summed E-state index contributed by atoms with van der Waals surface area (Å²) in [7, 11) is 2.16. The lowest BCUT2D eigenvalue weighted by Gasteiger charge is -2.41. The Morgan fingerprint density at radius 2 is 2.00 bits per heavy atom. The molecule has 0 saturated carbocycles. The van der Waals surface area contributed by atoms with Crippen molar-refractivity contribution in [2.45, 2.75) is 58.3 Å². The summed E-state index contributed by atoms with van der Waals surface area (Å²) in [6.45, 7) is 9.10. The molecule has 2 aliphatic rings. The van der Waals surface area contributed by atoms with Gasteiger partial charge in [0.25, 0.3) is 0 Å². The number of fused-ring (bicyclic) bond motifs is 2. The Hall–Kier alpha value is -2.27. The lowest BCUT2D eigenvalue weighted by Crippen LogP contribution is -2.55. The van der Waals surface area contributed by atoms with Crippen molar-refractivity contribution < 1.29 is 4.79 Å². The van der Waals surface area contributed by atoms with E-state index in [2.05, 4.69) is 80.4 Å². The highest BCUT2D eigenvalue weighted by Crippen LogP contribution is 2.39. The van der Waals surface area contributed by atoms with Crippen LogP contribution in [0.15, 0.2) is 30.5 Å². The van der Waals surface area contributed by atoms with Crippen LogP contribution >= 0.6 is 0 Å². The number of nitrogens with one attached hydrogen (secondary N) is 2. The van der Waals surface area contributed by atoms with E-state index in [1.807, 2.05) is 4.90 Å². The number of hydrogen-bond acceptors (Lipinski definition) is 2. The first-order valence-corrected chi connectivity index (χ1v) is 9.97. The van der Waals surface area contributed by atoms with Crippen molar-refractivity contribution in [3.05, 3.63) is 41.6 Å². The Balaban J connectivity index is 1.66. The molecule has 4 rings (SSSR count). The van der Waals surface area contributed by atoms with E-state index in [4.69, 9.17) is 0 Å². The quantitative estimate of drug-likeness (QED) is 0.872. The number of urea groups is 1. The van der Waals surface area contributed by atoms with Crippen LogP contribution in [0.5, 0.6) is 0 Å². The summed E-state index contributed by atoms with van der Waals surface area (Å²) in [5.74, 6) is 0. The fraction of sp³-hybridized carbons (Fsp3) is 0.500. The van der Waals surface area contributed by atoms with E-state index in [1.54, 1.807) is 0 Å². The number of aromatic amines is 1. The molecule has 1 aliphatic carbocycles. The number of carbonyl (C=O) groups excluding carboxylic acids is 1. The average molecular weight is 367 g/mol. The number of nitrogens with zero attached hydrogens (tertiary/aromatic N) is 2. The molecule has 5 nitrogen and oxygen atoms in total. The fourth-order valence-corrected chi connectivity index (χ4v) is 4.84. The van der Waals surface area contributed by atoms with Crippen LogP contribution in [0.4, 0.5) is 4.79 Å². The molecule has 1 aromatic carbocycles. The van der Waals surface area contributed by atoms with Gasteiger partial charge in [0.2, 0.25) is 0 Å². The van der Waals surface area contributed by atoms with Crippen LogP contribution in [0.3, 0.4) is 0 Å². The number of likely N-dealkylation sites (N-methyl/N-ethyl adjacent to an activating group) is 1. The second-order valence-electron chi connectivity index (χ2n) is 8.47. The van der Waals surface area contributed by atoms with Crippen molar-refractivity contribution in [1.29, 1.82) is 0 Å². The van der Waals surface area contributed by atoms with Gasteiger partial charge in [0.15, 0.2) is 0 Å². The molecule has 0 spiro atoms. The molecule has 2 atom stereocenters. The fourth-order valence-electron chi connectivity index (χ4n) is 4.84. The predicted octanol–water partition coefficient (Wildman–Crippen LogP) is 3.62. The van der Waals surface area contributed by atoms with Gasteiger partial charge in [0.05, 0.1) is 6.04 Å². The van der Waals surface area contributed by atoms with E-state index in [0.29, 0.717) is 6.04 Å². The summed E-state index contributed by atoms with van der Waals surface area (Å²) in [6.07, 6.45) is 5.45. The summed E-state index contributed by atoms with van der Waals surface area (Å²) in [4.78, 5) is 20.6. The van der Waals surface area contributed by atoms with Crippen molar-refractivity contribution in [3.63, 3.8) is 0 Å². The first-order valence-electron chi connectivity index (χ1n) is 9.97. The van der Waals surface area contributed by atoms with Crippen LogP contribution < -0.4 is 5.32 Å². The number of hydrogen-bond donors (Lipinski definition) is 2. The van der Waals surface area contributed by atoms with Gasteiger partial charge in [-0.15, -0.1) is 0 Å². The smallest absolute Gasteiger partial charge is 0.318 e. The Kier molecular flexibility index (Phi) is 4.50. The molecule has 2 aromatic rings. The summed E-state index contributed by atoms with van der Waals surface area (Å²) >= 11 is 0. The highest BCUT2D eigenvalue weighted by Gasteiger charge is 2.34. The zero-order valence-electron chi connectivity index (χ0n) is 16.9. The molecular formula is C22H30N4O. The Morgan fingerprint density at radius 3 is 2.70 bits per heavy atom. The topological polar surface area (TPSA) is 51.4 Å². The third-order valence-electron chi connectivity index (χ3n) is 5.92. The summed E-state index contributed by atoms with van der Waals surface area (Å²) in [5, 5.41) is 4.60. The molecule has 2 heterocycles. The molecule has 1 aliphatic heterocycles. The van der Waals surface area contributed by atoms with Crippen LogP contribution in [0.2, 0.25) is 0 Å². The molecule has 2 amide bonds. The molecule has 1 aromatic heterocycles. The van der Waals surface area contributed by atoms with Gasteiger partial charge >= 0.3 is 6.03 Å². The minimum absolute atomic E-state index is 0.0181. The largest absolute Gasteiger partial charge is 0.361 e. The van der Waals surface area contributed by atoms with E-state index in [0.717, 1.165) is 13.0 Å². The predicted molar refractivity (Wildman–Crippen MR) is 111 cm³/mol. The maximum atomic E-state index is 12.9. The summed E-state index contributed by atoms with van der Waals surface area (Å²) in [5.41, 5.74) is 5.23. The number of amides is 2. The van der Waals surface area contributed by atoms with E-state index in [9.17, 15) is 4.79 Å². The number of rotatable bonds is 3. The second kappa shape index (κ2) is 6.71. The van der Waals surface area contributed by atoms with Crippen molar-refractivity contribution in [2.75, 3.05) is 13.6 Å².